The van der Waals surface area contributed by atoms with Crippen molar-refractivity contribution in [1.82, 2.24) is 10.4 Å². The lowest BCUT2D eigenvalue weighted by Crippen LogP contribution is -2.42. The first-order valence-electron chi connectivity index (χ1n) is 6.67. The van der Waals surface area contributed by atoms with Gasteiger partial charge in [0.15, 0.2) is 0 Å². The molecule has 2 rings (SSSR count). The lowest BCUT2D eigenvalue weighted by molar-refractivity contribution is -0.124. The van der Waals surface area contributed by atoms with Crippen LogP contribution in [0.1, 0.15) is 15.9 Å². The summed E-state index contributed by atoms with van der Waals surface area (Å²) in [5, 5.41) is 8.47. The van der Waals surface area contributed by atoms with E-state index >= 15 is 0 Å². The van der Waals surface area contributed by atoms with Gasteiger partial charge in [-0.3, -0.25) is 23.9 Å². The standard InChI is InChI=1S/C14H18N2O5S/c17-13(15-19)6-5-11-3-1-2-4-12(11)14(18)16-7-9-22(20,21)10-8-16/h1-6,19-21H,7-10H2,(H,15,17). The van der Waals surface area contributed by atoms with Crippen LogP contribution in [0.15, 0.2) is 30.3 Å². The van der Waals surface area contributed by atoms with E-state index in [4.69, 9.17) is 5.21 Å². The first-order chi connectivity index (χ1) is 10.4. The zero-order chi connectivity index (χ0) is 16.2. The summed E-state index contributed by atoms with van der Waals surface area (Å²) in [5.41, 5.74) is 2.45. The maximum absolute atomic E-state index is 12.5. The number of amides is 2. The Balaban J connectivity index is 2.16. The Morgan fingerprint density at radius 3 is 2.45 bits per heavy atom. The van der Waals surface area contributed by atoms with Crippen LogP contribution in [-0.2, 0) is 4.79 Å². The lowest BCUT2D eigenvalue weighted by atomic mass is 10.1. The second kappa shape index (κ2) is 6.93. The lowest BCUT2D eigenvalue weighted by Gasteiger charge is -2.41. The second-order valence-corrected chi connectivity index (χ2v) is 7.32. The molecule has 1 aliphatic rings. The van der Waals surface area contributed by atoms with Crippen LogP contribution in [-0.4, -0.2) is 55.6 Å². The Kier molecular flexibility index (Phi) is 5.19. The van der Waals surface area contributed by atoms with Crippen molar-refractivity contribution >= 4 is 28.5 Å². The minimum absolute atomic E-state index is 0.184. The van der Waals surface area contributed by atoms with Gasteiger partial charge >= 0.3 is 0 Å². The Morgan fingerprint density at radius 2 is 1.82 bits per heavy atom. The molecule has 8 heteroatoms. The third-order valence-corrected chi connectivity index (χ3v) is 5.05. The van der Waals surface area contributed by atoms with Gasteiger partial charge in [-0.05, 0) is 17.7 Å². The number of nitrogens with zero attached hydrogens (tertiary/aromatic N) is 1. The Hall–Kier alpha value is -1.87. The first-order valence-corrected chi connectivity index (χ1v) is 8.55. The molecule has 2 amide bonds. The van der Waals surface area contributed by atoms with Gasteiger partial charge in [-0.15, -0.1) is 0 Å². The summed E-state index contributed by atoms with van der Waals surface area (Å²) in [7, 11) is -2.55. The van der Waals surface area contributed by atoms with Gasteiger partial charge in [-0.25, -0.2) is 5.48 Å². The molecule has 0 unspecified atom stereocenters. The van der Waals surface area contributed by atoms with Crippen molar-refractivity contribution in [3.05, 3.63) is 41.5 Å². The smallest absolute Gasteiger partial charge is 0.267 e. The van der Waals surface area contributed by atoms with Gasteiger partial charge in [-0.2, -0.15) is 10.6 Å². The van der Waals surface area contributed by atoms with E-state index in [1.54, 1.807) is 29.2 Å². The molecule has 4 N–H and O–H groups in total. The van der Waals surface area contributed by atoms with Crippen LogP contribution in [0.2, 0.25) is 0 Å². The Bertz CT molecular complexity index is 593. The molecule has 0 radical (unpaired) electrons. The summed E-state index contributed by atoms with van der Waals surface area (Å²) in [6, 6.07) is 6.78. The molecule has 22 heavy (non-hydrogen) atoms. The fourth-order valence-electron chi connectivity index (χ4n) is 2.14. The van der Waals surface area contributed by atoms with Crippen LogP contribution < -0.4 is 5.48 Å². The van der Waals surface area contributed by atoms with Crippen LogP contribution in [0.3, 0.4) is 0 Å². The van der Waals surface area contributed by atoms with Gasteiger partial charge in [0.1, 0.15) is 0 Å². The van der Waals surface area contributed by atoms with Crippen LogP contribution in [0.4, 0.5) is 0 Å². The molecule has 1 aromatic carbocycles. The number of hydrogen-bond acceptors (Lipinski definition) is 5. The molecule has 0 aliphatic carbocycles. The molecule has 0 atom stereocenters. The SMILES string of the molecule is O=C(C=Cc1ccccc1C(=O)N1CCS(O)(O)CC1)NO. The summed E-state index contributed by atoms with van der Waals surface area (Å²) >= 11 is 0. The van der Waals surface area contributed by atoms with E-state index in [0.29, 0.717) is 11.1 Å². The van der Waals surface area contributed by atoms with Crippen LogP contribution in [0.5, 0.6) is 0 Å². The number of hydroxylamine groups is 1. The highest BCUT2D eigenvalue weighted by Crippen LogP contribution is 2.40. The maximum atomic E-state index is 12.5. The van der Waals surface area contributed by atoms with Gasteiger partial charge in [0, 0.05) is 24.7 Å². The van der Waals surface area contributed by atoms with Crippen molar-refractivity contribution in [2.75, 3.05) is 24.6 Å². The van der Waals surface area contributed by atoms with E-state index < -0.39 is 16.5 Å². The Morgan fingerprint density at radius 1 is 1.18 bits per heavy atom. The molecular weight excluding hydrogens is 308 g/mol. The summed E-state index contributed by atoms with van der Waals surface area (Å²) in [6.45, 7) is 0.576. The summed E-state index contributed by atoms with van der Waals surface area (Å²) in [6.07, 6.45) is 2.56. The average Bonchev–Trinajstić information content (AvgIpc) is 2.52. The van der Waals surface area contributed by atoms with Crippen molar-refractivity contribution < 1.29 is 23.9 Å². The molecule has 1 aromatic rings. The molecule has 7 nitrogen and oxygen atoms in total. The molecular formula is C14H18N2O5S. The predicted octanol–water partition coefficient (Wildman–Crippen LogP) is 1.41. The van der Waals surface area contributed by atoms with Crippen molar-refractivity contribution in [2.45, 2.75) is 0 Å². The van der Waals surface area contributed by atoms with Gasteiger partial charge in [0.2, 0.25) is 0 Å². The minimum Gasteiger partial charge on any atom is -0.335 e. The monoisotopic (exact) mass is 326 g/mol. The Labute approximate surface area is 129 Å². The first kappa shape index (κ1) is 16.5. The number of hydrogen-bond donors (Lipinski definition) is 4. The quantitative estimate of drug-likeness (QED) is 0.381. The molecule has 120 valence electrons. The molecule has 1 heterocycles. The normalized spacial score (nSPS) is 19.0. The number of carbonyl (C=O) groups excluding carboxylic acids is 2. The third-order valence-electron chi connectivity index (χ3n) is 3.38. The number of rotatable bonds is 3. The van der Waals surface area contributed by atoms with E-state index in [1.807, 2.05) is 0 Å². The fraction of sp³-hybridized carbons (Fsp3) is 0.286. The van der Waals surface area contributed by atoms with Gasteiger partial charge in [0.25, 0.3) is 11.8 Å². The predicted molar refractivity (Wildman–Crippen MR) is 83.9 cm³/mol. The molecule has 1 aliphatic heterocycles. The fourth-order valence-corrected chi connectivity index (χ4v) is 3.37. The van der Waals surface area contributed by atoms with Gasteiger partial charge < -0.3 is 4.90 Å². The average molecular weight is 326 g/mol. The second-order valence-electron chi connectivity index (χ2n) is 4.90. The van der Waals surface area contributed by atoms with Crippen molar-refractivity contribution in [2.24, 2.45) is 0 Å². The highest BCUT2D eigenvalue weighted by atomic mass is 32.3. The van der Waals surface area contributed by atoms with Crippen molar-refractivity contribution in [3.8, 4) is 0 Å². The third kappa shape index (κ3) is 4.08. The van der Waals surface area contributed by atoms with E-state index in [2.05, 4.69) is 0 Å². The van der Waals surface area contributed by atoms with Crippen molar-refractivity contribution in [3.63, 3.8) is 0 Å². The largest absolute Gasteiger partial charge is 0.335 e. The van der Waals surface area contributed by atoms with E-state index in [1.165, 1.54) is 11.6 Å². The van der Waals surface area contributed by atoms with E-state index in [0.717, 1.165) is 6.08 Å². The van der Waals surface area contributed by atoms with Crippen LogP contribution in [0.25, 0.3) is 6.08 Å². The maximum Gasteiger partial charge on any atom is 0.267 e. The summed E-state index contributed by atoms with van der Waals surface area (Å²) in [4.78, 5) is 25.1. The minimum atomic E-state index is -2.55. The molecule has 1 saturated heterocycles. The summed E-state index contributed by atoms with van der Waals surface area (Å²) < 4.78 is 19.2. The zero-order valence-corrected chi connectivity index (χ0v) is 12.6. The number of benzene rings is 1. The molecule has 0 spiro atoms. The topological polar surface area (TPSA) is 110 Å². The highest BCUT2D eigenvalue weighted by molar-refractivity contribution is 8.24. The van der Waals surface area contributed by atoms with Gasteiger partial charge in [0.05, 0.1) is 11.5 Å². The number of carbonyl (C=O) groups is 2. The highest BCUT2D eigenvalue weighted by Gasteiger charge is 2.26. The molecule has 0 bridgehead atoms. The van der Waals surface area contributed by atoms with E-state index in [9.17, 15) is 18.7 Å². The van der Waals surface area contributed by atoms with Crippen LogP contribution in [0, 0.1) is 0 Å². The van der Waals surface area contributed by atoms with E-state index in [-0.39, 0.29) is 30.5 Å². The molecule has 0 aromatic heterocycles. The van der Waals surface area contributed by atoms with Crippen molar-refractivity contribution in [1.29, 1.82) is 0 Å². The van der Waals surface area contributed by atoms with Crippen LogP contribution >= 0.6 is 10.6 Å². The zero-order valence-electron chi connectivity index (χ0n) is 11.8. The van der Waals surface area contributed by atoms with Gasteiger partial charge in [-0.1, -0.05) is 18.2 Å². The molecule has 0 saturated carbocycles. The number of nitrogens with one attached hydrogen (secondary N) is 1. The molecule has 1 fully saturated rings. The summed E-state index contributed by atoms with van der Waals surface area (Å²) in [5.74, 6) is -0.540.